The van der Waals surface area contributed by atoms with E-state index in [9.17, 15) is 0 Å². The van der Waals surface area contributed by atoms with Crippen molar-refractivity contribution in [2.24, 2.45) is 0 Å². The molecule has 1 fully saturated rings. The Hall–Kier alpha value is -0.295. The Kier molecular flexibility index (Phi) is 8.66. The molecule has 1 aliphatic rings. The van der Waals surface area contributed by atoms with Gasteiger partial charge >= 0.3 is 7.12 Å². The van der Waals surface area contributed by atoms with E-state index in [1.54, 1.807) is 6.07 Å². The molecule has 2 N–H and O–H groups in total. The lowest BCUT2D eigenvalue weighted by Gasteiger charge is -2.32. The molecular formula is C12H21BCl2N2O2. The first kappa shape index (κ1) is 18.7. The van der Waals surface area contributed by atoms with Crippen molar-refractivity contribution in [2.45, 2.75) is 6.54 Å². The minimum Gasteiger partial charge on any atom is -0.423 e. The second-order valence-electron chi connectivity index (χ2n) is 4.70. The van der Waals surface area contributed by atoms with Gasteiger partial charge in [-0.2, -0.15) is 0 Å². The lowest BCUT2D eigenvalue weighted by atomic mass is 9.79. The summed E-state index contributed by atoms with van der Waals surface area (Å²) in [6, 6.07) is 7.51. The van der Waals surface area contributed by atoms with Crippen molar-refractivity contribution in [3.8, 4) is 0 Å². The van der Waals surface area contributed by atoms with Gasteiger partial charge < -0.3 is 14.9 Å². The number of rotatable bonds is 3. The van der Waals surface area contributed by atoms with Crippen molar-refractivity contribution in [1.82, 2.24) is 9.80 Å². The number of hydrogen-bond acceptors (Lipinski definition) is 4. The lowest BCUT2D eigenvalue weighted by Crippen LogP contribution is -2.44. The van der Waals surface area contributed by atoms with Crippen LogP contribution in [0.4, 0.5) is 0 Å². The zero-order valence-electron chi connectivity index (χ0n) is 11.0. The van der Waals surface area contributed by atoms with E-state index in [4.69, 9.17) is 10.0 Å². The quantitative estimate of drug-likeness (QED) is 0.769. The molecule has 0 amide bonds. The molecule has 1 aromatic carbocycles. The van der Waals surface area contributed by atoms with Gasteiger partial charge in [0.25, 0.3) is 0 Å². The average Bonchev–Trinajstić information content (AvgIpc) is 2.32. The molecule has 0 spiro atoms. The fraction of sp³-hybridized carbons (Fsp3) is 0.500. The van der Waals surface area contributed by atoms with Crippen molar-refractivity contribution < 1.29 is 10.0 Å². The monoisotopic (exact) mass is 306 g/mol. The van der Waals surface area contributed by atoms with Crippen molar-refractivity contribution in [2.75, 3.05) is 33.2 Å². The molecule has 19 heavy (non-hydrogen) atoms. The molecule has 2 rings (SSSR count). The number of halogens is 2. The predicted molar refractivity (Wildman–Crippen MR) is 83.5 cm³/mol. The standard InChI is InChI=1S/C12H19BN2O2.2ClH/c1-14-5-7-15(8-6-14)10-11-3-2-4-12(9-11)13(16)17;;/h2-4,9,16-17H,5-8,10H2,1H3;2*1H. The minimum atomic E-state index is -1.37. The highest BCUT2D eigenvalue weighted by molar-refractivity contribution is 6.58. The van der Waals surface area contributed by atoms with Crippen molar-refractivity contribution in [3.63, 3.8) is 0 Å². The van der Waals surface area contributed by atoms with Crippen LogP contribution < -0.4 is 5.46 Å². The minimum absolute atomic E-state index is 0. The number of hydrogen-bond donors (Lipinski definition) is 2. The van der Waals surface area contributed by atoms with E-state index < -0.39 is 7.12 Å². The summed E-state index contributed by atoms with van der Waals surface area (Å²) >= 11 is 0. The summed E-state index contributed by atoms with van der Waals surface area (Å²) in [6.07, 6.45) is 0. The highest BCUT2D eigenvalue weighted by Gasteiger charge is 2.15. The molecule has 0 bridgehead atoms. The Labute approximate surface area is 127 Å². The van der Waals surface area contributed by atoms with Crippen LogP contribution in [0, 0.1) is 0 Å². The van der Waals surface area contributed by atoms with Crippen LogP contribution in [0.25, 0.3) is 0 Å². The number of nitrogens with zero attached hydrogens (tertiary/aromatic N) is 2. The van der Waals surface area contributed by atoms with Crippen LogP contribution in [-0.4, -0.2) is 60.2 Å². The molecule has 0 saturated carbocycles. The Morgan fingerprint density at radius 1 is 1.11 bits per heavy atom. The van der Waals surface area contributed by atoms with Gasteiger partial charge in [0, 0.05) is 32.7 Å². The van der Waals surface area contributed by atoms with Gasteiger partial charge in [0.1, 0.15) is 0 Å². The van der Waals surface area contributed by atoms with Crippen LogP contribution in [-0.2, 0) is 6.54 Å². The van der Waals surface area contributed by atoms with E-state index in [-0.39, 0.29) is 24.8 Å². The summed E-state index contributed by atoms with van der Waals surface area (Å²) in [5.41, 5.74) is 1.71. The Morgan fingerprint density at radius 3 is 2.32 bits per heavy atom. The second kappa shape index (κ2) is 8.79. The van der Waals surface area contributed by atoms with Crippen LogP contribution in [0.1, 0.15) is 5.56 Å². The molecule has 1 aliphatic heterocycles. The molecule has 0 aliphatic carbocycles. The van der Waals surface area contributed by atoms with E-state index in [0.29, 0.717) is 5.46 Å². The summed E-state index contributed by atoms with van der Waals surface area (Å²) in [5.74, 6) is 0. The average molecular weight is 307 g/mol. The maximum Gasteiger partial charge on any atom is 0.488 e. The third-order valence-corrected chi connectivity index (χ3v) is 3.25. The van der Waals surface area contributed by atoms with Crippen molar-refractivity contribution >= 4 is 37.4 Å². The Balaban J connectivity index is 0.00000162. The van der Waals surface area contributed by atoms with Gasteiger partial charge in [0.2, 0.25) is 0 Å². The molecular weight excluding hydrogens is 286 g/mol. The second-order valence-corrected chi connectivity index (χ2v) is 4.70. The maximum atomic E-state index is 9.12. The van der Waals surface area contributed by atoms with Crippen LogP contribution in [0.2, 0.25) is 0 Å². The van der Waals surface area contributed by atoms with Crippen molar-refractivity contribution in [1.29, 1.82) is 0 Å². The number of benzene rings is 1. The number of piperazine rings is 1. The largest absolute Gasteiger partial charge is 0.488 e. The van der Waals surface area contributed by atoms with Gasteiger partial charge in [-0.05, 0) is 18.1 Å². The molecule has 7 heteroatoms. The zero-order chi connectivity index (χ0) is 12.3. The molecule has 108 valence electrons. The smallest absolute Gasteiger partial charge is 0.423 e. The third kappa shape index (κ3) is 5.69. The van der Waals surface area contributed by atoms with Crippen LogP contribution in [0.3, 0.4) is 0 Å². The Bertz CT molecular complexity index is 375. The normalized spacial score (nSPS) is 16.4. The summed E-state index contributed by atoms with van der Waals surface area (Å²) in [7, 11) is 0.766. The van der Waals surface area contributed by atoms with Gasteiger partial charge in [-0.15, -0.1) is 24.8 Å². The highest BCUT2D eigenvalue weighted by Crippen LogP contribution is 2.06. The molecule has 4 nitrogen and oxygen atoms in total. The van der Waals surface area contributed by atoms with E-state index in [1.807, 2.05) is 18.2 Å². The van der Waals surface area contributed by atoms with Crippen molar-refractivity contribution in [3.05, 3.63) is 29.8 Å². The molecule has 0 aromatic heterocycles. The predicted octanol–water partition coefficient (Wildman–Crippen LogP) is -0.0426. The first-order valence-electron chi connectivity index (χ1n) is 6.01. The third-order valence-electron chi connectivity index (χ3n) is 3.25. The summed E-state index contributed by atoms with van der Waals surface area (Å²) in [4.78, 5) is 4.72. The summed E-state index contributed by atoms with van der Waals surface area (Å²) in [6.45, 7) is 5.23. The first-order chi connectivity index (χ1) is 8.15. The number of likely N-dealkylation sites (N-methyl/N-ethyl adjacent to an activating group) is 1. The van der Waals surface area contributed by atoms with E-state index >= 15 is 0 Å². The van der Waals surface area contributed by atoms with Gasteiger partial charge in [0.05, 0.1) is 0 Å². The molecule has 1 heterocycles. The van der Waals surface area contributed by atoms with Gasteiger partial charge in [-0.25, -0.2) is 0 Å². The van der Waals surface area contributed by atoms with Gasteiger partial charge in [0.15, 0.2) is 0 Å². The first-order valence-corrected chi connectivity index (χ1v) is 6.01. The molecule has 0 atom stereocenters. The highest BCUT2D eigenvalue weighted by atomic mass is 35.5. The van der Waals surface area contributed by atoms with E-state index in [2.05, 4.69) is 16.8 Å². The summed E-state index contributed by atoms with van der Waals surface area (Å²) in [5, 5.41) is 18.2. The molecule has 0 unspecified atom stereocenters. The topological polar surface area (TPSA) is 46.9 Å². The fourth-order valence-electron chi connectivity index (χ4n) is 2.12. The SMILES string of the molecule is CN1CCN(Cc2cccc(B(O)O)c2)CC1.Cl.Cl. The van der Waals surface area contributed by atoms with Gasteiger partial charge in [-0.1, -0.05) is 24.3 Å². The zero-order valence-corrected chi connectivity index (χ0v) is 12.7. The van der Waals surface area contributed by atoms with Crippen LogP contribution >= 0.6 is 24.8 Å². The maximum absolute atomic E-state index is 9.12. The molecule has 1 aromatic rings. The lowest BCUT2D eigenvalue weighted by molar-refractivity contribution is 0.148. The van der Waals surface area contributed by atoms with E-state index in [1.165, 1.54) is 0 Å². The molecule has 0 radical (unpaired) electrons. The summed E-state index contributed by atoms with van der Waals surface area (Å²) < 4.78 is 0. The van der Waals surface area contributed by atoms with Gasteiger partial charge in [-0.3, -0.25) is 4.90 Å². The van der Waals surface area contributed by atoms with E-state index in [0.717, 1.165) is 38.3 Å². The fourth-order valence-corrected chi connectivity index (χ4v) is 2.12. The molecule has 1 saturated heterocycles. The Morgan fingerprint density at radius 2 is 1.74 bits per heavy atom. The van der Waals surface area contributed by atoms with Crippen LogP contribution in [0.15, 0.2) is 24.3 Å². The van der Waals surface area contributed by atoms with Crippen LogP contribution in [0.5, 0.6) is 0 Å².